The Balaban J connectivity index is 2.43. The third-order valence-corrected chi connectivity index (χ3v) is 4.72. The standard InChI is InChI=1S/C22H17F2N3O4/c1-30-21(28)18-17(12-6-4-3-5-7-12)16(11-25)20(26)27(19(18)22(29)31-2)15-9-13(23)8-14(24)10-15/h3-10,17H,26H2,1-2H3. The van der Waals surface area contributed by atoms with E-state index in [1.165, 1.54) is 0 Å². The van der Waals surface area contributed by atoms with Gasteiger partial charge in [0.2, 0.25) is 0 Å². The lowest BCUT2D eigenvalue weighted by molar-refractivity contribution is -0.139. The predicted molar refractivity (Wildman–Crippen MR) is 106 cm³/mol. The van der Waals surface area contributed by atoms with Gasteiger partial charge in [-0.05, 0) is 17.7 Å². The highest BCUT2D eigenvalue weighted by molar-refractivity contribution is 6.06. The smallest absolute Gasteiger partial charge is 0.355 e. The SMILES string of the molecule is COC(=O)C1=C(C(=O)OC)N(c2cc(F)cc(F)c2)C(N)=C(C#N)C1c1ccccc1. The number of nitrogens with two attached hydrogens (primary N) is 1. The zero-order valence-electron chi connectivity index (χ0n) is 16.6. The first kappa shape index (κ1) is 21.5. The lowest BCUT2D eigenvalue weighted by Crippen LogP contribution is -2.40. The van der Waals surface area contributed by atoms with Gasteiger partial charge in [-0.1, -0.05) is 30.3 Å². The van der Waals surface area contributed by atoms with Crippen LogP contribution in [-0.4, -0.2) is 26.2 Å². The van der Waals surface area contributed by atoms with E-state index in [-0.39, 0.29) is 22.7 Å². The number of carbonyl (C=O) groups excluding carboxylic acids is 2. The number of rotatable bonds is 4. The molecule has 2 aromatic rings. The summed E-state index contributed by atoms with van der Waals surface area (Å²) >= 11 is 0. The normalized spacial score (nSPS) is 16.1. The van der Waals surface area contributed by atoms with Gasteiger partial charge < -0.3 is 15.2 Å². The maximum absolute atomic E-state index is 14.0. The van der Waals surface area contributed by atoms with Crippen molar-refractivity contribution in [2.24, 2.45) is 5.73 Å². The van der Waals surface area contributed by atoms with E-state index < -0.39 is 35.2 Å². The number of benzene rings is 2. The number of hydrogen-bond acceptors (Lipinski definition) is 7. The number of allylic oxidation sites excluding steroid dienone is 1. The molecule has 2 N–H and O–H groups in total. The number of methoxy groups -OCH3 is 2. The minimum absolute atomic E-state index is 0.107. The summed E-state index contributed by atoms with van der Waals surface area (Å²) in [7, 11) is 2.18. The molecule has 7 nitrogen and oxygen atoms in total. The van der Waals surface area contributed by atoms with Crippen LogP contribution in [0.3, 0.4) is 0 Å². The van der Waals surface area contributed by atoms with Crippen molar-refractivity contribution in [3.63, 3.8) is 0 Å². The highest BCUT2D eigenvalue weighted by Crippen LogP contribution is 2.43. The largest absolute Gasteiger partial charge is 0.466 e. The number of nitrogens with zero attached hydrogens (tertiary/aromatic N) is 2. The molecule has 0 aromatic heterocycles. The Morgan fingerprint density at radius 2 is 1.61 bits per heavy atom. The Morgan fingerprint density at radius 3 is 2.13 bits per heavy atom. The fourth-order valence-corrected chi connectivity index (χ4v) is 3.45. The van der Waals surface area contributed by atoms with Gasteiger partial charge in [-0.25, -0.2) is 18.4 Å². The van der Waals surface area contributed by atoms with E-state index >= 15 is 0 Å². The lowest BCUT2D eigenvalue weighted by Gasteiger charge is -2.35. The first-order chi connectivity index (χ1) is 14.8. The average Bonchev–Trinajstić information content (AvgIpc) is 2.76. The maximum Gasteiger partial charge on any atom is 0.355 e. The van der Waals surface area contributed by atoms with E-state index in [2.05, 4.69) is 0 Å². The van der Waals surface area contributed by atoms with Crippen LogP contribution in [-0.2, 0) is 19.1 Å². The molecule has 1 unspecified atom stereocenters. The monoisotopic (exact) mass is 425 g/mol. The van der Waals surface area contributed by atoms with E-state index in [0.717, 1.165) is 31.3 Å². The fourth-order valence-electron chi connectivity index (χ4n) is 3.45. The second kappa shape index (κ2) is 8.67. The van der Waals surface area contributed by atoms with Gasteiger partial charge in [0.25, 0.3) is 0 Å². The number of carbonyl (C=O) groups is 2. The number of nitriles is 1. The molecule has 0 aliphatic carbocycles. The number of hydrogen-bond donors (Lipinski definition) is 1. The molecule has 9 heteroatoms. The van der Waals surface area contributed by atoms with Gasteiger partial charge in [-0.15, -0.1) is 0 Å². The summed E-state index contributed by atoms with van der Waals surface area (Å²) in [6.07, 6.45) is 0. The summed E-state index contributed by atoms with van der Waals surface area (Å²) in [6.45, 7) is 0. The van der Waals surface area contributed by atoms with Crippen molar-refractivity contribution in [2.45, 2.75) is 5.92 Å². The molecule has 3 rings (SSSR count). The molecule has 0 fully saturated rings. The van der Waals surface area contributed by atoms with Gasteiger partial charge in [0.1, 0.15) is 23.2 Å². The zero-order chi connectivity index (χ0) is 22.7. The predicted octanol–water partition coefficient (Wildman–Crippen LogP) is 2.86. The maximum atomic E-state index is 14.0. The average molecular weight is 425 g/mol. The highest BCUT2D eigenvalue weighted by Gasteiger charge is 2.43. The molecule has 1 aliphatic heterocycles. The van der Waals surface area contributed by atoms with Crippen LogP contribution in [0.2, 0.25) is 0 Å². The van der Waals surface area contributed by atoms with Crippen LogP contribution in [0.1, 0.15) is 11.5 Å². The highest BCUT2D eigenvalue weighted by atomic mass is 19.1. The van der Waals surface area contributed by atoms with Crippen molar-refractivity contribution in [1.29, 1.82) is 5.26 Å². The van der Waals surface area contributed by atoms with Crippen LogP contribution in [0.5, 0.6) is 0 Å². The summed E-state index contributed by atoms with van der Waals surface area (Å²) in [6, 6.07) is 12.8. The van der Waals surface area contributed by atoms with Gasteiger partial charge in [-0.3, -0.25) is 4.90 Å². The Kier molecular flexibility index (Phi) is 6.02. The minimum Gasteiger partial charge on any atom is -0.466 e. The molecule has 0 saturated heterocycles. The van der Waals surface area contributed by atoms with Crippen molar-refractivity contribution in [2.75, 3.05) is 19.1 Å². The molecular formula is C22H17F2N3O4. The number of esters is 2. The van der Waals surface area contributed by atoms with E-state index in [9.17, 15) is 23.6 Å². The number of ether oxygens (including phenoxy) is 2. The zero-order valence-corrected chi connectivity index (χ0v) is 16.6. The van der Waals surface area contributed by atoms with E-state index in [1.54, 1.807) is 30.3 Å². The first-order valence-corrected chi connectivity index (χ1v) is 8.95. The molecule has 0 bridgehead atoms. The van der Waals surface area contributed by atoms with Crippen LogP contribution in [0.25, 0.3) is 0 Å². The summed E-state index contributed by atoms with van der Waals surface area (Å²) < 4.78 is 37.6. The Bertz CT molecular complexity index is 1130. The molecule has 0 spiro atoms. The topological polar surface area (TPSA) is 106 Å². The molecule has 31 heavy (non-hydrogen) atoms. The molecule has 0 radical (unpaired) electrons. The van der Waals surface area contributed by atoms with Gasteiger partial charge >= 0.3 is 11.9 Å². The third-order valence-electron chi connectivity index (χ3n) is 4.72. The minimum atomic E-state index is -1.07. The van der Waals surface area contributed by atoms with Crippen LogP contribution < -0.4 is 10.6 Å². The third kappa shape index (κ3) is 3.83. The van der Waals surface area contributed by atoms with E-state index in [0.29, 0.717) is 11.6 Å². The molecule has 158 valence electrons. The number of halogens is 2. The van der Waals surface area contributed by atoms with Crippen LogP contribution >= 0.6 is 0 Å². The number of anilines is 1. The summed E-state index contributed by atoms with van der Waals surface area (Å²) in [5.74, 6) is -5.19. The van der Waals surface area contributed by atoms with Gasteiger partial charge in [-0.2, -0.15) is 5.26 Å². The lowest BCUT2D eigenvalue weighted by atomic mass is 9.81. The van der Waals surface area contributed by atoms with Crippen molar-refractivity contribution in [1.82, 2.24) is 0 Å². The van der Waals surface area contributed by atoms with Crippen molar-refractivity contribution >= 4 is 17.6 Å². The van der Waals surface area contributed by atoms with Crippen molar-refractivity contribution in [3.8, 4) is 6.07 Å². The second-order valence-corrected chi connectivity index (χ2v) is 6.46. The summed E-state index contributed by atoms with van der Waals surface area (Å²) in [4.78, 5) is 26.5. The first-order valence-electron chi connectivity index (χ1n) is 8.95. The van der Waals surface area contributed by atoms with Crippen molar-refractivity contribution < 1.29 is 27.8 Å². The van der Waals surface area contributed by atoms with Crippen LogP contribution in [0, 0.1) is 23.0 Å². The van der Waals surface area contributed by atoms with Gasteiger partial charge in [0, 0.05) is 6.07 Å². The van der Waals surface area contributed by atoms with Crippen LogP contribution in [0.4, 0.5) is 14.5 Å². The van der Waals surface area contributed by atoms with E-state index in [1.807, 2.05) is 6.07 Å². The molecule has 2 aromatic carbocycles. The van der Waals surface area contributed by atoms with Crippen molar-refractivity contribution in [3.05, 3.63) is 88.4 Å². The Morgan fingerprint density at radius 1 is 1.03 bits per heavy atom. The van der Waals surface area contributed by atoms with Crippen LogP contribution in [0.15, 0.2) is 71.2 Å². The molecule has 0 amide bonds. The van der Waals surface area contributed by atoms with E-state index in [4.69, 9.17) is 15.2 Å². The fraction of sp³-hybridized carbons (Fsp3) is 0.136. The van der Waals surface area contributed by atoms with Gasteiger partial charge in [0.05, 0.1) is 43.0 Å². The quantitative estimate of drug-likeness (QED) is 0.751. The Hall–Kier alpha value is -4.19. The molecule has 1 atom stereocenters. The molecule has 1 aliphatic rings. The van der Waals surface area contributed by atoms with Gasteiger partial charge in [0.15, 0.2) is 0 Å². The Labute approximate surface area is 176 Å². The molecular weight excluding hydrogens is 408 g/mol. The summed E-state index contributed by atoms with van der Waals surface area (Å²) in [5.41, 5.74) is 5.72. The molecule has 0 saturated carbocycles. The molecule has 1 heterocycles. The summed E-state index contributed by atoms with van der Waals surface area (Å²) in [5, 5.41) is 9.87. The second-order valence-electron chi connectivity index (χ2n) is 6.46.